The number of fused-ring (bicyclic) bond motifs is 4. The Hall–Kier alpha value is -5.64. The molecule has 6 heteroatoms. The van der Waals surface area contributed by atoms with E-state index in [-0.39, 0.29) is 56.2 Å². The van der Waals surface area contributed by atoms with Gasteiger partial charge in [0.15, 0.2) is 0 Å². The van der Waals surface area contributed by atoms with Gasteiger partial charge >= 0.3 is 0 Å². The molecule has 0 bridgehead atoms. The summed E-state index contributed by atoms with van der Waals surface area (Å²) in [5, 5.41) is 2.19. The SMILES string of the molecule is [2H]c1c([2H])c([2H])c(-c2ccc(C(C)(C)C)cc2CCN2[CH-]N(c3[c-]c(Oc4[c-]c5c(cc4)c4ccccc4n5-c4cc(CC(C)C)ccn4)ccc3)c3ccccc32)c([2H])c1[2H].[Pt]. The fourth-order valence-electron chi connectivity index (χ4n) is 7.79. The van der Waals surface area contributed by atoms with Gasteiger partial charge in [0.2, 0.25) is 0 Å². The normalized spacial score (nSPS) is 13.9. The van der Waals surface area contributed by atoms with Crippen molar-refractivity contribution in [1.29, 1.82) is 0 Å². The van der Waals surface area contributed by atoms with Gasteiger partial charge in [0, 0.05) is 55.7 Å². The van der Waals surface area contributed by atoms with Gasteiger partial charge in [-0.25, -0.2) is 4.98 Å². The van der Waals surface area contributed by atoms with E-state index in [2.05, 4.69) is 128 Å². The van der Waals surface area contributed by atoms with Crippen molar-refractivity contribution in [2.24, 2.45) is 5.92 Å². The molecule has 0 fully saturated rings. The number of aromatic nitrogens is 2. The molecule has 8 aromatic rings. The number of anilines is 3. The summed E-state index contributed by atoms with van der Waals surface area (Å²) in [6.07, 6.45) is 3.40. The Morgan fingerprint density at radius 2 is 1.57 bits per heavy atom. The summed E-state index contributed by atoms with van der Waals surface area (Å²) in [5.41, 5.74) is 8.70. The number of rotatable bonds is 10. The molecule has 0 spiro atoms. The molecule has 294 valence electrons. The van der Waals surface area contributed by atoms with Crippen LogP contribution in [0.2, 0.25) is 0 Å². The van der Waals surface area contributed by atoms with E-state index in [9.17, 15) is 0 Å². The molecule has 1 aliphatic heterocycles. The maximum absolute atomic E-state index is 8.77. The molecular weight excluding hydrogens is 892 g/mol. The van der Waals surface area contributed by atoms with Crippen LogP contribution in [0, 0.1) is 24.7 Å². The second-order valence-corrected chi connectivity index (χ2v) is 16.1. The van der Waals surface area contributed by atoms with Crippen LogP contribution in [0.25, 0.3) is 38.8 Å². The number of benzene rings is 6. The van der Waals surface area contributed by atoms with Gasteiger partial charge in [-0.05, 0) is 94.3 Å². The number of nitrogens with zero attached hydrogens (tertiary/aromatic N) is 4. The Morgan fingerprint density at radius 3 is 2.38 bits per heavy atom. The number of ether oxygens (including phenoxy) is 1. The number of pyridine rings is 1. The minimum absolute atomic E-state index is 0. The van der Waals surface area contributed by atoms with Crippen LogP contribution in [0.15, 0.2) is 146 Å². The van der Waals surface area contributed by atoms with E-state index < -0.39 is 6.04 Å². The molecule has 3 heterocycles. The molecule has 58 heavy (non-hydrogen) atoms. The monoisotopic (exact) mass is 943 g/mol. The van der Waals surface area contributed by atoms with E-state index in [4.69, 9.17) is 16.6 Å². The minimum Gasteiger partial charge on any atom is -0.509 e. The second-order valence-electron chi connectivity index (χ2n) is 16.1. The van der Waals surface area contributed by atoms with Gasteiger partial charge in [-0.1, -0.05) is 119 Å². The fraction of sp³-hybridized carbons (Fsp3) is 0.192. The van der Waals surface area contributed by atoms with Gasteiger partial charge in [-0.3, -0.25) is 0 Å². The fourth-order valence-corrected chi connectivity index (χ4v) is 7.79. The van der Waals surface area contributed by atoms with Crippen LogP contribution in [-0.4, -0.2) is 16.1 Å². The molecule has 0 saturated carbocycles. The van der Waals surface area contributed by atoms with E-state index in [1.807, 2.05) is 54.7 Å². The molecule has 5 nitrogen and oxygen atoms in total. The quantitative estimate of drug-likeness (QED) is 0.128. The maximum Gasteiger partial charge on any atom is 0.135 e. The molecule has 0 radical (unpaired) electrons. The third-order valence-electron chi connectivity index (χ3n) is 10.5. The summed E-state index contributed by atoms with van der Waals surface area (Å²) >= 11 is 0. The third-order valence-corrected chi connectivity index (χ3v) is 10.5. The predicted octanol–water partition coefficient (Wildman–Crippen LogP) is 13.1. The third kappa shape index (κ3) is 7.81. The smallest absolute Gasteiger partial charge is 0.135 e. The minimum atomic E-state index is -0.398. The molecular formula is C52H47N4OPt-3. The first-order valence-electron chi connectivity index (χ1n) is 22.1. The van der Waals surface area contributed by atoms with Gasteiger partial charge < -0.3 is 19.1 Å². The molecule has 0 amide bonds. The molecule has 1 aliphatic rings. The molecule has 9 rings (SSSR count). The van der Waals surface area contributed by atoms with Crippen molar-refractivity contribution in [1.82, 2.24) is 9.55 Å². The van der Waals surface area contributed by atoms with Gasteiger partial charge in [0.25, 0.3) is 0 Å². The molecule has 0 aliphatic carbocycles. The van der Waals surface area contributed by atoms with Crippen LogP contribution in [0.3, 0.4) is 0 Å². The Labute approximate surface area is 364 Å². The number of hydrogen-bond donors (Lipinski definition) is 0. The summed E-state index contributed by atoms with van der Waals surface area (Å²) in [6, 6.07) is 42.4. The molecule has 0 unspecified atom stereocenters. The number of para-hydroxylation sites is 3. The molecule has 2 aromatic heterocycles. The van der Waals surface area contributed by atoms with Gasteiger partial charge in [-0.2, -0.15) is 18.8 Å². The average molecular weight is 944 g/mol. The maximum atomic E-state index is 8.77. The Morgan fingerprint density at radius 1 is 0.793 bits per heavy atom. The topological polar surface area (TPSA) is 33.5 Å². The van der Waals surface area contributed by atoms with Crippen LogP contribution < -0.4 is 14.5 Å². The standard InChI is InChI=1S/C52H47N4O.Pt/c1-36(2)30-37-26-28-53-51(31-37)56-47-19-10-9-18-45(47)46-25-23-43(34-50(46)56)57-42-17-13-16-41(33-42)55-35-54(48-20-11-12-21-49(48)55)29-27-39-32-40(52(3,4)5)22-24-44(39)38-14-7-6-8-15-38;/h6-26,28,31-32,35-36H,27,29-30H2,1-5H3;/q-3;/i6D,7D,8D,14D,15D;. The van der Waals surface area contributed by atoms with Crippen molar-refractivity contribution >= 4 is 38.9 Å². The largest absolute Gasteiger partial charge is 0.509 e. The predicted molar refractivity (Wildman–Crippen MR) is 236 cm³/mol. The Bertz CT molecular complexity index is 2980. The van der Waals surface area contributed by atoms with Crippen molar-refractivity contribution in [2.75, 3.05) is 16.3 Å². The van der Waals surface area contributed by atoms with Gasteiger partial charge in [0.1, 0.15) is 5.82 Å². The molecule has 0 saturated heterocycles. The molecule has 0 atom stereocenters. The van der Waals surface area contributed by atoms with Crippen LogP contribution >= 0.6 is 0 Å². The summed E-state index contributed by atoms with van der Waals surface area (Å²) in [5.74, 6) is 2.48. The summed E-state index contributed by atoms with van der Waals surface area (Å²) < 4.78 is 51.2. The van der Waals surface area contributed by atoms with Crippen molar-refractivity contribution in [3.63, 3.8) is 0 Å². The summed E-state index contributed by atoms with van der Waals surface area (Å²) in [6.45, 7) is 13.5. The summed E-state index contributed by atoms with van der Waals surface area (Å²) in [4.78, 5) is 9.10. The van der Waals surface area contributed by atoms with E-state index in [1.54, 1.807) is 0 Å². The van der Waals surface area contributed by atoms with Crippen LogP contribution in [0.5, 0.6) is 11.5 Å². The molecule has 0 N–H and O–H groups in total. The van der Waals surface area contributed by atoms with E-state index in [1.165, 1.54) is 5.56 Å². The van der Waals surface area contributed by atoms with E-state index in [0.717, 1.165) is 62.2 Å². The molecule has 6 aromatic carbocycles. The first kappa shape index (κ1) is 33.3. The van der Waals surface area contributed by atoms with Crippen molar-refractivity contribution in [3.8, 4) is 28.4 Å². The Kier molecular flexibility index (Phi) is 9.38. The van der Waals surface area contributed by atoms with Crippen molar-refractivity contribution in [2.45, 2.75) is 52.9 Å². The van der Waals surface area contributed by atoms with Gasteiger partial charge in [0.05, 0.1) is 6.85 Å². The van der Waals surface area contributed by atoms with E-state index in [0.29, 0.717) is 35.9 Å². The van der Waals surface area contributed by atoms with Gasteiger partial charge in [-0.15, -0.1) is 41.4 Å². The second kappa shape index (κ2) is 16.3. The zero-order valence-corrected chi connectivity index (χ0v) is 35.5. The van der Waals surface area contributed by atoms with Crippen LogP contribution in [-0.2, 0) is 39.3 Å². The zero-order chi connectivity index (χ0) is 43.4. The van der Waals surface area contributed by atoms with Crippen molar-refractivity contribution in [3.05, 3.63) is 181 Å². The Balaban J connectivity index is 0.00000544. The summed E-state index contributed by atoms with van der Waals surface area (Å²) in [7, 11) is 0. The average Bonchev–Trinajstić information content (AvgIpc) is 3.79. The number of hydrogen-bond acceptors (Lipinski definition) is 4. The first-order chi connectivity index (χ1) is 29.8. The van der Waals surface area contributed by atoms with E-state index >= 15 is 0 Å². The van der Waals surface area contributed by atoms with Crippen molar-refractivity contribution < 1.29 is 32.7 Å². The van der Waals surface area contributed by atoms with Crippen LogP contribution in [0.1, 0.15) is 58.2 Å². The van der Waals surface area contributed by atoms with Crippen LogP contribution in [0.4, 0.5) is 17.1 Å². The zero-order valence-electron chi connectivity index (χ0n) is 38.3. The first-order valence-corrected chi connectivity index (χ1v) is 19.6.